The molecule has 0 heterocycles. The predicted octanol–water partition coefficient (Wildman–Crippen LogP) is -0.129. The smallest absolute Gasteiger partial charge is 0.115 e. The summed E-state index contributed by atoms with van der Waals surface area (Å²) in [6.07, 6.45) is 0. The fourth-order valence-corrected chi connectivity index (χ4v) is 0. The van der Waals surface area contributed by atoms with E-state index in [1.165, 1.54) is 0 Å². The van der Waals surface area contributed by atoms with Crippen molar-refractivity contribution in [2.75, 3.05) is 0 Å². The van der Waals surface area contributed by atoms with Crippen molar-refractivity contribution in [2.45, 2.75) is 11.6 Å². The lowest BCUT2D eigenvalue weighted by Gasteiger charge is -1.38. The molecule has 0 saturated heterocycles. The molecule has 0 spiro atoms. The van der Waals surface area contributed by atoms with Crippen molar-refractivity contribution in [3.8, 4) is 0 Å². The molecule has 0 amide bonds. The molecule has 0 aliphatic carbocycles. The largest absolute Gasteiger partial charge is 0.316 e. The van der Waals surface area contributed by atoms with E-state index in [1.54, 1.807) is 0 Å². The van der Waals surface area contributed by atoms with Gasteiger partial charge in [0.15, 0.2) is 15.2 Å². The molecule has 21 valence electrons. The van der Waals surface area contributed by atoms with Gasteiger partial charge in [-0.25, -0.2) is 0 Å². The van der Waals surface area contributed by atoms with Gasteiger partial charge in [0.1, 0.15) is 0 Å². The molecular formula is C2H8AlMg. The third-order valence-electron chi connectivity index (χ3n) is 0. The van der Waals surface area contributed by atoms with Crippen LogP contribution in [0.1, 0.15) is 0 Å². The summed E-state index contributed by atoms with van der Waals surface area (Å²) in [5, 5.41) is 0. The van der Waals surface area contributed by atoms with E-state index in [0.717, 1.165) is 15.2 Å². The van der Waals surface area contributed by atoms with Gasteiger partial charge in [0.25, 0.3) is 0 Å². The van der Waals surface area contributed by atoms with Crippen LogP contribution in [0.4, 0.5) is 0 Å². The van der Waals surface area contributed by atoms with Crippen LogP contribution in [0.25, 0.3) is 0 Å². The van der Waals surface area contributed by atoms with E-state index in [4.69, 9.17) is 0 Å². The van der Waals surface area contributed by atoms with Gasteiger partial charge in [-0.1, -0.05) is 0 Å². The van der Waals surface area contributed by atoms with Gasteiger partial charge in [-0.3, -0.25) is 0 Å². The number of rotatable bonds is 0. The third-order valence-corrected chi connectivity index (χ3v) is 0. The van der Waals surface area contributed by atoms with E-state index in [9.17, 15) is 0 Å². The summed E-state index contributed by atoms with van der Waals surface area (Å²) in [7, 11) is 0. The molecule has 0 aliphatic heterocycles. The van der Waals surface area contributed by atoms with Crippen molar-refractivity contribution in [3.05, 3.63) is 0 Å². The fraction of sp³-hybridized carbons (Fsp3) is 1.00. The maximum atomic E-state index is 2.21. The highest BCUT2D eigenvalue weighted by Gasteiger charge is 1.46. The third kappa shape index (κ3) is 10.3. The molecule has 0 rings (SSSR count). The van der Waals surface area contributed by atoms with Gasteiger partial charge in [-0.15, -0.1) is 11.6 Å². The Morgan fingerprint density at radius 1 is 1.25 bits per heavy atom. The highest BCUT2D eigenvalue weighted by atomic mass is 27.1. The molecule has 0 N–H and O–H groups in total. The van der Waals surface area contributed by atoms with Crippen LogP contribution in [0.5, 0.6) is 0 Å². The molecule has 0 fully saturated rings. The Morgan fingerprint density at radius 2 is 1.25 bits per heavy atom. The van der Waals surface area contributed by atoms with Crippen LogP contribution in [0.2, 0.25) is 11.6 Å². The Bertz CT molecular complexity index is 6.00. The van der Waals surface area contributed by atoms with Gasteiger partial charge in [-0.05, 0) is 0 Å². The molecule has 0 aromatic carbocycles. The minimum Gasteiger partial charge on any atom is -0.115 e. The van der Waals surface area contributed by atoms with Gasteiger partial charge in [0, 0.05) is 0 Å². The summed E-state index contributed by atoms with van der Waals surface area (Å²) in [4.78, 5) is 0. The van der Waals surface area contributed by atoms with Crippen LogP contribution in [0, 0.1) is 0 Å². The lowest BCUT2D eigenvalue weighted by molar-refractivity contribution is 2.14. The van der Waals surface area contributed by atoms with Crippen LogP contribution in [0.15, 0.2) is 0 Å². The van der Waals surface area contributed by atoms with Gasteiger partial charge >= 0.3 is 23.1 Å². The van der Waals surface area contributed by atoms with Crippen LogP contribution >= 0.6 is 0 Å². The molecular weight excluding hydrogens is 75.3 g/mol. The predicted molar refractivity (Wildman–Crippen MR) is 26.0 cm³/mol. The van der Waals surface area contributed by atoms with Gasteiger partial charge in [0.05, 0.1) is 0 Å². The van der Waals surface area contributed by atoms with Crippen molar-refractivity contribution in [2.24, 2.45) is 0 Å². The zero-order chi connectivity index (χ0) is 2.71. The van der Waals surface area contributed by atoms with Crippen molar-refractivity contribution in [1.82, 2.24) is 0 Å². The monoisotopic (exact) mass is 83.0 g/mol. The second kappa shape index (κ2) is 8.85. The molecule has 0 saturated carbocycles. The summed E-state index contributed by atoms with van der Waals surface area (Å²) >= 11 is 0.750. The van der Waals surface area contributed by atoms with E-state index < -0.39 is 0 Å². The lowest BCUT2D eigenvalue weighted by atomic mass is 11.9. The minimum absolute atomic E-state index is 0. The standard InChI is InChI=1S/2CH3.Al.Mg.2H/h2*1H3;;;;. The zero-order valence-corrected chi connectivity index (χ0v) is 3.73. The quantitative estimate of drug-likeness (QED) is 0.358. The Kier molecular flexibility index (Phi) is 19.9. The molecule has 4 heavy (non-hydrogen) atoms. The fourth-order valence-electron chi connectivity index (χ4n) is 0. The molecule has 1 radical (unpaired) electrons. The van der Waals surface area contributed by atoms with Gasteiger partial charge in [0.2, 0.25) is 0 Å². The first kappa shape index (κ1) is 9.00. The number of hydrogen-bond acceptors (Lipinski definition) is 0. The average Bonchev–Trinajstić information content (AvgIpc) is 0.918. The van der Waals surface area contributed by atoms with Crippen LogP contribution in [0.3, 0.4) is 0 Å². The first-order chi connectivity index (χ1) is 1.41. The molecule has 0 aromatic rings. The van der Waals surface area contributed by atoms with Crippen molar-refractivity contribution in [1.29, 1.82) is 0 Å². The molecule has 0 atom stereocenters. The molecule has 2 heteroatoms. The first-order valence-corrected chi connectivity index (χ1v) is 3.46. The van der Waals surface area contributed by atoms with E-state index in [2.05, 4.69) is 11.6 Å². The van der Waals surface area contributed by atoms with Gasteiger partial charge in [-0.2, -0.15) is 0 Å². The highest BCUT2D eigenvalue weighted by Crippen LogP contribution is 1.36. The molecule has 0 aliphatic rings. The summed E-state index contributed by atoms with van der Waals surface area (Å²) in [5.74, 6) is 4.42. The second-order valence-corrected chi connectivity index (χ2v) is 1.73. The maximum absolute atomic E-state index is 2.21. The lowest BCUT2D eigenvalue weighted by Crippen LogP contribution is -1.53. The summed E-state index contributed by atoms with van der Waals surface area (Å²) < 4.78 is 0. The molecule has 0 aromatic heterocycles. The molecule has 0 nitrogen and oxygen atoms in total. The average molecular weight is 83.4 g/mol. The molecule has 0 bridgehead atoms. The van der Waals surface area contributed by atoms with Crippen LogP contribution in [-0.2, 0) is 0 Å². The van der Waals surface area contributed by atoms with Crippen LogP contribution < -0.4 is 0 Å². The molecule has 0 unspecified atom stereocenters. The van der Waals surface area contributed by atoms with Crippen molar-refractivity contribution < 1.29 is 0 Å². The Hall–Kier alpha value is 1.30. The van der Waals surface area contributed by atoms with Crippen LogP contribution in [-0.4, -0.2) is 38.3 Å². The summed E-state index contributed by atoms with van der Waals surface area (Å²) in [6.45, 7) is 0. The van der Waals surface area contributed by atoms with E-state index in [1.807, 2.05) is 0 Å². The van der Waals surface area contributed by atoms with Crippen molar-refractivity contribution >= 4 is 38.3 Å². The van der Waals surface area contributed by atoms with E-state index >= 15 is 0 Å². The Balaban J connectivity index is 0. The second-order valence-electron chi connectivity index (χ2n) is 0.577. The Morgan fingerprint density at radius 3 is 1.25 bits per heavy atom. The topological polar surface area (TPSA) is 0 Å². The number of hydrogen-bond donors (Lipinski definition) is 0. The highest BCUT2D eigenvalue weighted by molar-refractivity contribution is 6.31. The SMILES string of the molecule is [CH3][Al][CH3].[MgH2]. The van der Waals surface area contributed by atoms with Crippen molar-refractivity contribution in [3.63, 3.8) is 0 Å². The van der Waals surface area contributed by atoms with E-state index in [-0.39, 0.29) is 23.1 Å². The zero-order valence-electron chi connectivity index (χ0n) is 2.58. The maximum Gasteiger partial charge on any atom is 0.316 e. The normalized spacial score (nSPS) is 3.50. The first-order valence-electron chi connectivity index (χ1n) is 1.15. The minimum atomic E-state index is 0. The van der Waals surface area contributed by atoms with Gasteiger partial charge < -0.3 is 0 Å². The Labute approximate surface area is 49.8 Å². The van der Waals surface area contributed by atoms with E-state index in [0.29, 0.717) is 0 Å². The summed E-state index contributed by atoms with van der Waals surface area (Å²) in [6, 6.07) is 0. The summed E-state index contributed by atoms with van der Waals surface area (Å²) in [5.41, 5.74) is 0.